The van der Waals surface area contributed by atoms with E-state index in [1.54, 1.807) is 0 Å². The molecule has 0 amide bonds. The topological polar surface area (TPSA) is 29.9 Å². The van der Waals surface area contributed by atoms with Crippen molar-refractivity contribution < 1.29 is 0 Å². The molecule has 1 N–H and O–H groups in total. The van der Waals surface area contributed by atoms with E-state index in [9.17, 15) is 0 Å². The van der Waals surface area contributed by atoms with Crippen LogP contribution in [0.5, 0.6) is 0 Å². The Morgan fingerprint density at radius 3 is 3.13 bits per heavy atom. The van der Waals surface area contributed by atoms with Crippen LogP contribution in [0.2, 0.25) is 0 Å². The first-order valence-corrected chi connectivity index (χ1v) is 6.01. The Morgan fingerprint density at radius 2 is 2.47 bits per heavy atom. The van der Waals surface area contributed by atoms with E-state index in [4.69, 9.17) is 0 Å². The minimum atomic E-state index is 0.785. The van der Waals surface area contributed by atoms with Crippen LogP contribution >= 0.6 is 0 Å². The first kappa shape index (κ1) is 10.7. The van der Waals surface area contributed by atoms with E-state index in [0.717, 1.165) is 18.4 Å². The first-order valence-electron chi connectivity index (χ1n) is 6.01. The van der Waals surface area contributed by atoms with E-state index >= 15 is 0 Å². The normalized spacial score (nSPS) is 26.8. The van der Waals surface area contributed by atoms with Crippen molar-refractivity contribution in [2.45, 2.75) is 33.2 Å². The molecule has 0 spiro atoms. The number of aromatic nitrogens is 2. The fraction of sp³-hybridized carbons (Fsp3) is 0.750. The second-order valence-corrected chi connectivity index (χ2v) is 4.64. The Bertz CT molecular complexity index is 306. The smallest absolute Gasteiger partial charge is 0.0521 e. The van der Waals surface area contributed by atoms with Crippen LogP contribution < -0.4 is 5.32 Å². The Labute approximate surface area is 91.9 Å². The van der Waals surface area contributed by atoms with Crippen LogP contribution in [0, 0.1) is 11.8 Å². The molecule has 15 heavy (non-hydrogen) atoms. The van der Waals surface area contributed by atoms with E-state index in [2.05, 4.69) is 30.5 Å². The molecule has 84 valence electrons. The molecule has 0 radical (unpaired) electrons. The van der Waals surface area contributed by atoms with Crippen molar-refractivity contribution in [2.75, 3.05) is 13.1 Å². The van der Waals surface area contributed by atoms with Gasteiger partial charge in [0.1, 0.15) is 0 Å². The third kappa shape index (κ3) is 2.59. The molecule has 2 atom stereocenters. The summed E-state index contributed by atoms with van der Waals surface area (Å²) in [5.74, 6) is 1.63. The van der Waals surface area contributed by atoms with Gasteiger partial charge in [-0.05, 0) is 50.3 Å². The van der Waals surface area contributed by atoms with Crippen LogP contribution in [-0.4, -0.2) is 22.9 Å². The van der Waals surface area contributed by atoms with Crippen molar-refractivity contribution in [3.05, 3.63) is 18.0 Å². The highest BCUT2D eigenvalue weighted by molar-refractivity contribution is 5.06. The summed E-state index contributed by atoms with van der Waals surface area (Å²) < 4.78 is 2.01. The molecule has 1 aromatic rings. The highest BCUT2D eigenvalue weighted by Gasteiger charge is 2.21. The van der Waals surface area contributed by atoms with Gasteiger partial charge in [0.15, 0.2) is 0 Å². The van der Waals surface area contributed by atoms with Gasteiger partial charge in [-0.1, -0.05) is 6.92 Å². The summed E-state index contributed by atoms with van der Waals surface area (Å²) in [5, 5.41) is 7.80. The number of nitrogens with zero attached hydrogens (tertiary/aromatic N) is 2. The van der Waals surface area contributed by atoms with Crippen molar-refractivity contribution in [3.63, 3.8) is 0 Å². The van der Waals surface area contributed by atoms with Gasteiger partial charge in [0.2, 0.25) is 0 Å². The lowest BCUT2D eigenvalue weighted by molar-refractivity contribution is 0.272. The van der Waals surface area contributed by atoms with E-state index in [1.807, 2.05) is 10.9 Å². The molecule has 3 nitrogen and oxygen atoms in total. The number of rotatable bonds is 3. The number of aryl methyl sites for hydroxylation is 1. The lowest BCUT2D eigenvalue weighted by Gasteiger charge is -2.29. The van der Waals surface area contributed by atoms with Crippen molar-refractivity contribution >= 4 is 0 Å². The fourth-order valence-corrected chi connectivity index (χ4v) is 2.31. The van der Waals surface area contributed by atoms with Crippen LogP contribution in [0.15, 0.2) is 12.4 Å². The van der Waals surface area contributed by atoms with Gasteiger partial charge in [-0.15, -0.1) is 0 Å². The van der Waals surface area contributed by atoms with Crippen LogP contribution in [-0.2, 0) is 13.0 Å². The zero-order valence-corrected chi connectivity index (χ0v) is 9.74. The van der Waals surface area contributed by atoms with Crippen LogP contribution in [0.1, 0.15) is 25.8 Å². The molecule has 0 saturated carbocycles. The third-order valence-electron chi connectivity index (χ3n) is 3.50. The molecule has 0 aromatic carbocycles. The van der Waals surface area contributed by atoms with Gasteiger partial charge in [-0.3, -0.25) is 4.68 Å². The van der Waals surface area contributed by atoms with Crippen molar-refractivity contribution in [2.24, 2.45) is 11.8 Å². The maximum absolute atomic E-state index is 4.32. The average Bonchev–Trinajstić information content (AvgIpc) is 2.69. The summed E-state index contributed by atoms with van der Waals surface area (Å²) in [6, 6.07) is 0. The van der Waals surface area contributed by atoms with E-state index in [1.165, 1.54) is 31.5 Å². The highest BCUT2D eigenvalue weighted by atomic mass is 15.3. The van der Waals surface area contributed by atoms with Gasteiger partial charge >= 0.3 is 0 Å². The van der Waals surface area contributed by atoms with Crippen LogP contribution in [0.25, 0.3) is 0 Å². The van der Waals surface area contributed by atoms with Gasteiger partial charge in [0, 0.05) is 12.7 Å². The maximum atomic E-state index is 4.32. The van der Waals surface area contributed by atoms with Gasteiger partial charge in [0.05, 0.1) is 6.20 Å². The van der Waals surface area contributed by atoms with E-state index in [-0.39, 0.29) is 0 Å². The summed E-state index contributed by atoms with van der Waals surface area (Å²) in [5.41, 5.74) is 1.39. The monoisotopic (exact) mass is 207 g/mol. The van der Waals surface area contributed by atoms with Crippen LogP contribution in [0.3, 0.4) is 0 Å². The summed E-state index contributed by atoms with van der Waals surface area (Å²) in [7, 11) is 0. The summed E-state index contributed by atoms with van der Waals surface area (Å²) >= 11 is 0. The number of hydrogen-bond donors (Lipinski definition) is 1. The van der Waals surface area contributed by atoms with Crippen LogP contribution in [0.4, 0.5) is 0 Å². The largest absolute Gasteiger partial charge is 0.316 e. The Morgan fingerprint density at radius 1 is 1.60 bits per heavy atom. The second-order valence-electron chi connectivity index (χ2n) is 4.64. The molecule has 0 bridgehead atoms. The highest BCUT2D eigenvalue weighted by Crippen LogP contribution is 2.22. The molecule has 1 aliphatic heterocycles. The van der Waals surface area contributed by atoms with E-state index in [0.29, 0.717) is 0 Å². The zero-order valence-electron chi connectivity index (χ0n) is 9.74. The van der Waals surface area contributed by atoms with Gasteiger partial charge < -0.3 is 5.32 Å². The zero-order chi connectivity index (χ0) is 10.7. The molecule has 1 aliphatic rings. The van der Waals surface area contributed by atoms with Crippen molar-refractivity contribution in [1.82, 2.24) is 15.1 Å². The molecule has 2 unspecified atom stereocenters. The molecule has 2 rings (SSSR count). The fourth-order valence-electron chi connectivity index (χ4n) is 2.31. The lowest BCUT2D eigenvalue weighted by atomic mass is 9.84. The second kappa shape index (κ2) is 4.79. The number of piperidine rings is 1. The number of nitrogens with one attached hydrogen (secondary N) is 1. The average molecular weight is 207 g/mol. The minimum Gasteiger partial charge on any atom is -0.316 e. The molecule has 1 fully saturated rings. The van der Waals surface area contributed by atoms with Gasteiger partial charge in [0.25, 0.3) is 0 Å². The predicted molar refractivity (Wildman–Crippen MR) is 61.7 cm³/mol. The third-order valence-corrected chi connectivity index (χ3v) is 3.50. The molecule has 2 heterocycles. The standard InChI is InChI=1S/C12H21N3/c1-3-15-9-11(7-14-15)6-12-8-13-5-4-10(12)2/h7,9-10,12-13H,3-6,8H2,1-2H3. The van der Waals surface area contributed by atoms with E-state index < -0.39 is 0 Å². The maximum Gasteiger partial charge on any atom is 0.0521 e. The van der Waals surface area contributed by atoms with Gasteiger partial charge in [-0.25, -0.2) is 0 Å². The summed E-state index contributed by atoms with van der Waals surface area (Å²) in [6.45, 7) is 7.82. The van der Waals surface area contributed by atoms with Crippen molar-refractivity contribution in [1.29, 1.82) is 0 Å². The molecule has 0 aliphatic carbocycles. The Kier molecular flexibility index (Phi) is 3.41. The van der Waals surface area contributed by atoms with Crippen molar-refractivity contribution in [3.8, 4) is 0 Å². The quantitative estimate of drug-likeness (QED) is 0.817. The lowest BCUT2D eigenvalue weighted by Crippen LogP contribution is -2.36. The molecule has 3 heteroatoms. The minimum absolute atomic E-state index is 0.785. The summed E-state index contributed by atoms with van der Waals surface area (Å²) in [4.78, 5) is 0. The first-order chi connectivity index (χ1) is 7.29. The molecule has 1 saturated heterocycles. The molecule has 1 aromatic heterocycles. The Balaban J connectivity index is 1.95. The summed E-state index contributed by atoms with van der Waals surface area (Å²) in [6.07, 6.45) is 6.69. The predicted octanol–water partition coefficient (Wildman–Crippen LogP) is 1.69. The molecular formula is C12H21N3. The Hall–Kier alpha value is -0.830. The SMILES string of the molecule is CCn1cc(CC2CNCCC2C)cn1. The van der Waals surface area contributed by atoms with Gasteiger partial charge in [-0.2, -0.15) is 5.10 Å². The number of hydrogen-bond acceptors (Lipinski definition) is 2. The molecular weight excluding hydrogens is 186 g/mol.